The van der Waals surface area contributed by atoms with Crippen molar-refractivity contribution in [3.63, 3.8) is 0 Å². The van der Waals surface area contributed by atoms with Gasteiger partial charge in [0.1, 0.15) is 0 Å². The summed E-state index contributed by atoms with van der Waals surface area (Å²) >= 11 is 0.379. The van der Waals surface area contributed by atoms with Crippen LogP contribution in [0.3, 0.4) is 0 Å². The number of aryl methyl sites for hydroxylation is 2. The van der Waals surface area contributed by atoms with E-state index >= 15 is 0 Å². The zero-order valence-corrected chi connectivity index (χ0v) is 12.0. The van der Waals surface area contributed by atoms with Crippen LogP contribution < -0.4 is 0 Å². The second-order valence-electron chi connectivity index (χ2n) is 4.65. The maximum absolute atomic E-state index is 4.91. The number of fused-ring (bicyclic) bond motifs is 3. The average Bonchev–Trinajstić information content (AvgIpc) is 2.93. The van der Waals surface area contributed by atoms with E-state index in [1.165, 1.54) is 31.5 Å². The molecule has 2 nitrogen and oxygen atoms in total. The van der Waals surface area contributed by atoms with Crippen LogP contribution in [0.15, 0.2) is 48.7 Å². The monoisotopic (exact) mass is 312 g/mol. The van der Waals surface area contributed by atoms with Crippen molar-refractivity contribution in [2.45, 2.75) is 12.8 Å². The molecule has 1 aliphatic carbocycles. The first kappa shape index (κ1) is 11.2. The van der Waals surface area contributed by atoms with Crippen molar-refractivity contribution in [2.24, 2.45) is 0 Å². The normalized spacial score (nSPS) is 12.8. The van der Waals surface area contributed by atoms with Crippen molar-refractivity contribution in [1.82, 2.24) is 9.97 Å². The Hall–Kier alpha value is -1.70. The molecule has 0 atom stereocenters. The van der Waals surface area contributed by atoms with Crippen molar-refractivity contribution < 1.29 is 0 Å². The summed E-state index contributed by atoms with van der Waals surface area (Å²) in [7, 11) is 0. The predicted molar refractivity (Wildman–Crippen MR) is 77.3 cm³/mol. The van der Waals surface area contributed by atoms with Crippen molar-refractivity contribution in [2.75, 3.05) is 0 Å². The fourth-order valence-corrected chi connectivity index (χ4v) is 4.79. The predicted octanol–water partition coefficient (Wildman–Crippen LogP) is 2.97. The van der Waals surface area contributed by atoms with Crippen LogP contribution >= 0.6 is 0 Å². The van der Waals surface area contributed by atoms with Gasteiger partial charge in [0.2, 0.25) is 0 Å². The second kappa shape index (κ2) is 4.44. The third kappa shape index (κ3) is 1.86. The van der Waals surface area contributed by atoms with E-state index < -0.39 is 0 Å². The van der Waals surface area contributed by atoms with Crippen LogP contribution in [0.2, 0.25) is 0 Å². The molecule has 3 aromatic rings. The summed E-state index contributed by atoms with van der Waals surface area (Å²) in [6.07, 6.45) is 4.07. The first-order chi connectivity index (χ1) is 9.42. The topological polar surface area (TPSA) is 25.8 Å². The minimum absolute atomic E-state index is 0.379. The quantitative estimate of drug-likeness (QED) is 0.646. The summed E-state index contributed by atoms with van der Waals surface area (Å²) in [5.74, 6) is 0. The van der Waals surface area contributed by atoms with Gasteiger partial charge in [-0.1, -0.05) is 0 Å². The molecule has 1 aliphatic rings. The van der Waals surface area contributed by atoms with E-state index in [-0.39, 0.29) is 0 Å². The van der Waals surface area contributed by atoms with Gasteiger partial charge in [0.25, 0.3) is 0 Å². The van der Waals surface area contributed by atoms with Gasteiger partial charge >= 0.3 is 117 Å². The summed E-state index contributed by atoms with van der Waals surface area (Å²) < 4.78 is 2.79. The van der Waals surface area contributed by atoms with Crippen LogP contribution in [0.1, 0.15) is 10.1 Å². The molecule has 0 amide bonds. The van der Waals surface area contributed by atoms with Crippen LogP contribution in [-0.2, 0) is 12.8 Å². The molecule has 0 unspecified atom stereocenters. The summed E-state index contributed by atoms with van der Waals surface area (Å²) in [6.45, 7) is 0. The maximum atomic E-state index is 4.91. The Balaban J connectivity index is 1.88. The van der Waals surface area contributed by atoms with Crippen molar-refractivity contribution in [1.29, 1.82) is 0 Å². The molecule has 0 aliphatic heterocycles. The molecule has 0 saturated carbocycles. The molecule has 2 aromatic heterocycles. The molecule has 19 heavy (non-hydrogen) atoms. The second-order valence-corrected chi connectivity index (χ2v) is 6.93. The van der Waals surface area contributed by atoms with Crippen LogP contribution in [0.5, 0.6) is 0 Å². The summed E-state index contributed by atoms with van der Waals surface area (Å²) in [5.41, 5.74) is 4.92. The Morgan fingerprint density at radius 3 is 2.74 bits per heavy atom. The van der Waals surface area contributed by atoms with Crippen molar-refractivity contribution in [3.8, 4) is 21.4 Å². The SMILES string of the molecule is c1ccc(-c2nc3c([se]2)CCc2ncccc2-3)cc1. The van der Waals surface area contributed by atoms with Crippen LogP contribution in [-0.4, -0.2) is 24.5 Å². The third-order valence-electron chi connectivity index (χ3n) is 3.45. The molecule has 4 rings (SSSR count). The molecular weight excluding hydrogens is 299 g/mol. The first-order valence-corrected chi connectivity index (χ1v) is 8.12. The molecule has 3 heteroatoms. The molecule has 0 N–H and O–H groups in total. The number of nitrogens with zero attached hydrogens (tertiary/aromatic N) is 2. The molecule has 1 aromatic carbocycles. The number of aromatic nitrogens is 2. The fraction of sp³-hybridized carbons (Fsp3) is 0.125. The van der Waals surface area contributed by atoms with Gasteiger partial charge in [-0.15, -0.1) is 0 Å². The number of rotatable bonds is 1. The van der Waals surface area contributed by atoms with Crippen molar-refractivity contribution >= 4 is 14.5 Å². The third-order valence-corrected chi connectivity index (χ3v) is 5.89. The van der Waals surface area contributed by atoms with Gasteiger partial charge in [-0.3, -0.25) is 0 Å². The molecular formula is C16H12N2Se. The summed E-state index contributed by atoms with van der Waals surface area (Å²) in [6, 6.07) is 14.7. The Morgan fingerprint density at radius 2 is 1.84 bits per heavy atom. The van der Waals surface area contributed by atoms with Crippen LogP contribution in [0, 0.1) is 0 Å². The van der Waals surface area contributed by atoms with Gasteiger partial charge in [0, 0.05) is 0 Å². The number of hydrogen-bond donors (Lipinski definition) is 0. The molecule has 0 radical (unpaired) electrons. The average molecular weight is 311 g/mol. The molecule has 2 heterocycles. The van der Waals surface area contributed by atoms with E-state index in [1.807, 2.05) is 12.3 Å². The summed E-state index contributed by atoms with van der Waals surface area (Å²) in [5, 5.41) is 0. The fourth-order valence-electron chi connectivity index (χ4n) is 2.52. The molecule has 0 spiro atoms. The standard InChI is InChI=1S/C16H12N2Se/c1-2-5-11(6-3-1)16-18-15-12-7-4-10-17-13(12)8-9-14(15)19-16/h1-7,10H,8-9H2. The van der Waals surface area contributed by atoms with E-state index in [9.17, 15) is 0 Å². The van der Waals surface area contributed by atoms with Gasteiger partial charge in [-0.25, -0.2) is 0 Å². The van der Waals surface area contributed by atoms with Gasteiger partial charge in [-0.2, -0.15) is 0 Å². The van der Waals surface area contributed by atoms with Crippen LogP contribution in [0.4, 0.5) is 0 Å². The Morgan fingerprint density at radius 1 is 0.947 bits per heavy atom. The van der Waals surface area contributed by atoms with Crippen molar-refractivity contribution in [3.05, 3.63) is 58.8 Å². The molecule has 0 bridgehead atoms. The van der Waals surface area contributed by atoms with E-state index in [0.717, 1.165) is 12.8 Å². The van der Waals surface area contributed by atoms with E-state index in [0.29, 0.717) is 14.5 Å². The Labute approximate surface area is 117 Å². The molecule has 0 fully saturated rings. The van der Waals surface area contributed by atoms with Gasteiger partial charge in [0.15, 0.2) is 0 Å². The minimum atomic E-state index is 0.379. The molecule has 0 saturated heterocycles. The van der Waals surface area contributed by atoms with E-state index in [4.69, 9.17) is 4.98 Å². The molecule has 92 valence electrons. The number of benzene rings is 1. The van der Waals surface area contributed by atoms with Gasteiger partial charge < -0.3 is 0 Å². The Bertz CT molecular complexity index is 732. The van der Waals surface area contributed by atoms with Gasteiger partial charge in [0.05, 0.1) is 0 Å². The first-order valence-electron chi connectivity index (χ1n) is 6.41. The number of hydrogen-bond acceptors (Lipinski definition) is 2. The van der Waals surface area contributed by atoms with E-state index in [2.05, 4.69) is 41.4 Å². The van der Waals surface area contributed by atoms with E-state index in [1.54, 1.807) is 0 Å². The summed E-state index contributed by atoms with van der Waals surface area (Å²) in [4.78, 5) is 9.39. The van der Waals surface area contributed by atoms with Gasteiger partial charge in [-0.05, 0) is 0 Å². The van der Waals surface area contributed by atoms with Crippen LogP contribution in [0.25, 0.3) is 21.4 Å². The number of pyridine rings is 1. The Kier molecular flexibility index (Phi) is 2.61. The zero-order chi connectivity index (χ0) is 12.7. The zero-order valence-electron chi connectivity index (χ0n) is 10.3.